The van der Waals surface area contributed by atoms with Crippen molar-refractivity contribution in [3.05, 3.63) is 17.0 Å². The van der Waals surface area contributed by atoms with E-state index in [2.05, 4.69) is 31.4 Å². The Hall–Kier alpha value is -1.30. The predicted octanol–water partition coefficient (Wildman–Crippen LogP) is 1.88. The Morgan fingerprint density at radius 1 is 1.50 bits per heavy atom. The number of nitrogens with zero attached hydrogens (tertiary/aromatic N) is 3. The van der Waals surface area contributed by atoms with Crippen LogP contribution in [-0.2, 0) is 7.05 Å². The van der Waals surface area contributed by atoms with Crippen LogP contribution in [0.2, 0.25) is 0 Å². The average molecular weight is 257 g/mol. The molecule has 0 saturated heterocycles. The van der Waals surface area contributed by atoms with Gasteiger partial charge in [0.25, 0.3) is 0 Å². The molecule has 0 fully saturated rings. The Morgan fingerprint density at radius 2 is 2.29 bits per heavy atom. The van der Waals surface area contributed by atoms with Crippen molar-refractivity contribution in [2.24, 2.45) is 7.05 Å². The first-order chi connectivity index (χ1) is 6.74. The first kappa shape index (κ1) is 9.26. The fourth-order valence-corrected chi connectivity index (χ4v) is 1.65. The summed E-state index contributed by atoms with van der Waals surface area (Å²) in [5, 5.41) is 11.0. The van der Waals surface area contributed by atoms with Crippen molar-refractivity contribution < 1.29 is 4.42 Å². The quantitative estimate of drug-likeness (QED) is 0.892. The zero-order valence-electron chi connectivity index (χ0n) is 7.78. The molecule has 6 heteroatoms. The summed E-state index contributed by atoms with van der Waals surface area (Å²) in [6.45, 7) is 0. The fraction of sp³-hybridized carbons (Fsp3) is 0.250. The molecule has 0 amide bonds. The maximum atomic E-state index is 5.13. The number of furan rings is 1. The Kier molecular flexibility index (Phi) is 2.28. The van der Waals surface area contributed by atoms with E-state index in [1.807, 2.05) is 17.7 Å². The van der Waals surface area contributed by atoms with E-state index in [1.165, 1.54) is 0 Å². The summed E-state index contributed by atoms with van der Waals surface area (Å²) in [6, 6.07) is 1.84. The lowest BCUT2D eigenvalue weighted by Crippen LogP contribution is -1.99. The van der Waals surface area contributed by atoms with Gasteiger partial charge >= 0.3 is 0 Å². The number of rotatable bonds is 2. The Bertz CT molecular complexity index is 448. The van der Waals surface area contributed by atoms with Crippen molar-refractivity contribution in [2.45, 2.75) is 0 Å². The second kappa shape index (κ2) is 3.45. The molecule has 0 aliphatic heterocycles. The second-order valence-corrected chi connectivity index (χ2v) is 3.48. The van der Waals surface area contributed by atoms with Crippen LogP contribution in [0.3, 0.4) is 0 Å². The minimum atomic E-state index is 0.663. The summed E-state index contributed by atoms with van der Waals surface area (Å²) in [7, 11) is 3.69. The van der Waals surface area contributed by atoms with E-state index in [4.69, 9.17) is 4.42 Å². The molecule has 5 nitrogen and oxygen atoms in total. The highest BCUT2D eigenvalue weighted by molar-refractivity contribution is 9.10. The molecular formula is C8H9BrN4O. The molecule has 0 atom stereocenters. The Labute approximate surface area is 89.3 Å². The number of aromatic nitrogens is 3. The third-order valence-electron chi connectivity index (χ3n) is 1.96. The predicted molar refractivity (Wildman–Crippen MR) is 56.0 cm³/mol. The summed E-state index contributed by atoms with van der Waals surface area (Å²) in [4.78, 5) is 0. The van der Waals surface area contributed by atoms with E-state index in [0.29, 0.717) is 10.6 Å². The molecule has 0 bridgehead atoms. The van der Waals surface area contributed by atoms with Crippen LogP contribution in [0.4, 0.5) is 5.95 Å². The second-order valence-electron chi connectivity index (χ2n) is 2.76. The van der Waals surface area contributed by atoms with E-state index in [0.717, 1.165) is 11.4 Å². The van der Waals surface area contributed by atoms with Gasteiger partial charge in [-0.25, -0.2) is 0 Å². The highest BCUT2D eigenvalue weighted by Gasteiger charge is 2.13. The lowest BCUT2D eigenvalue weighted by molar-refractivity contribution is 0.542. The van der Waals surface area contributed by atoms with Gasteiger partial charge in [-0.2, -0.15) is 0 Å². The molecule has 0 aliphatic rings. The van der Waals surface area contributed by atoms with Crippen molar-refractivity contribution in [1.82, 2.24) is 14.8 Å². The molecule has 1 N–H and O–H groups in total. The Balaban J connectivity index is 2.52. The molecule has 0 aliphatic carbocycles. The molecule has 2 rings (SSSR count). The number of hydrogen-bond donors (Lipinski definition) is 1. The Morgan fingerprint density at radius 3 is 2.79 bits per heavy atom. The molecule has 0 unspecified atom stereocenters. The molecule has 0 aromatic carbocycles. The van der Waals surface area contributed by atoms with Gasteiger partial charge in [0, 0.05) is 14.1 Å². The van der Waals surface area contributed by atoms with Crippen LogP contribution in [0.15, 0.2) is 21.4 Å². The van der Waals surface area contributed by atoms with Crippen molar-refractivity contribution in [1.29, 1.82) is 0 Å². The van der Waals surface area contributed by atoms with Crippen LogP contribution in [-0.4, -0.2) is 21.8 Å². The molecule has 0 radical (unpaired) electrons. The summed E-state index contributed by atoms with van der Waals surface area (Å²) in [5.74, 6) is 1.48. The molecule has 0 spiro atoms. The van der Waals surface area contributed by atoms with Gasteiger partial charge in [-0.3, -0.25) is 4.57 Å². The van der Waals surface area contributed by atoms with Gasteiger partial charge in [-0.1, -0.05) is 0 Å². The smallest absolute Gasteiger partial charge is 0.224 e. The maximum Gasteiger partial charge on any atom is 0.224 e. The summed E-state index contributed by atoms with van der Waals surface area (Å²) in [5.41, 5.74) is 0.890. The minimum absolute atomic E-state index is 0.663. The van der Waals surface area contributed by atoms with Crippen LogP contribution in [0, 0.1) is 0 Å². The van der Waals surface area contributed by atoms with Gasteiger partial charge < -0.3 is 9.73 Å². The zero-order chi connectivity index (χ0) is 10.1. The van der Waals surface area contributed by atoms with E-state index in [1.54, 1.807) is 13.3 Å². The monoisotopic (exact) mass is 256 g/mol. The van der Waals surface area contributed by atoms with Gasteiger partial charge in [0.15, 0.2) is 10.5 Å². The number of hydrogen-bond acceptors (Lipinski definition) is 4. The van der Waals surface area contributed by atoms with Crippen molar-refractivity contribution in [3.8, 4) is 11.4 Å². The third kappa shape index (κ3) is 1.31. The van der Waals surface area contributed by atoms with Crippen molar-refractivity contribution in [3.63, 3.8) is 0 Å². The highest BCUT2D eigenvalue weighted by Crippen LogP contribution is 2.28. The van der Waals surface area contributed by atoms with Crippen LogP contribution >= 0.6 is 15.9 Å². The minimum Gasteiger partial charge on any atom is -0.457 e. The van der Waals surface area contributed by atoms with E-state index in [9.17, 15) is 0 Å². The first-order valence-corrected chi connectivity index (χ1v) is 4.84. The summed E-state index contributed by atoms with van der Waals surface area (Å²) in [6.07, 6.45) is 1.60. The fourth-order valence-electron chi connectivity index (χ4n) is 1.23. The lowest BCUT2D eigenvalue weighted by Gasteiger charge is -2.00. The van der Waals surface area contributed by atoms with E-state index >= 15 is 0 Å². The normalized spacial score (nSPS) is 10.5. The summed E-state index contributed by atoms with van der Waals surface area (Å²) >= 11 is 3.30. The van der Waals surface area contributed by atoms with Gasteiger partial charge in [0.2, 0.25) is 5.95 Å². The SMILES string of the molecule is CNc1nnc(-c2ccoc2Br)n1C. The van der Waals surface area contributed by atoms with Gasteiger partial charge in [-0.05, 0) is 22.0 Å². The molecule has 2 aromatic heterocycles. The van der Waals surface area contributed by atoms with Crippen LogP contribution in [0.5, 0.6) is 0 Å². The number of nitrogens with one attached hydrogen (secondary N) is 1. The van der Waals surface area contributed by atoms with Crippen LogP contribution in [0.1, 0.15) is 0 Å². The number of anilines is 1. The van der Waals surface area contributed by atoms with E-state index < -0.39 is 0 Å². The average Bonchev–Trinajstić information content (AvgIpc) is 2.72. The van der Waals surface area contributed by atoms with Crippen molar-refractivity contribution in [2.75, 3.05) is 12.4 Å². The molecule has 74 valence electrons. The molecule has 14 heavy (non-hydrogen) atoms. The molecular weight excluding hydrogens is 248 g/mol. The highest BCUT2D eigenvalue weighted by atomic mass is 79.9. The largest absolute Gasteiger partial charge is 0.457 e. The van der Waals surface area contributed by atoms with Crippen LogP contribution in [0.25, 0.3) is 11.4 Å². The van der Waals surface area contributed by atoms with Crippen LogP contribution < -0.4 is 5.32 Å². The molecule has 2 aromatic rings. The van der Waals surface area contributed by atoms with Gasteiger partial charge in [0.1, 0.15) is 0 Å². The topological polar surface area (TPSA) is 55.9 Å². The number of halogens is 1. The third-order valence-corrected chi connectivity index (χ3v) is 2.57. The standard InChI is InChI=1S/C8H9BrN4O/c1-10-8-12-11-7(13(8)2)5-3-4-14-6(5)9/h3-4H,1-2H3,(H,10,12). The summed E-state index contributed by atoms with van der Waals surface area (Å²) < 4.78 is 7.65. The van der Waals surface area contributed by atoms with Gasteiger partial charge in [0.05, 0.1) is 11.8 Å². The maximum absolute atomic E-state index is 5.13. The van der Waals surface area contributed by atoms with Gasteiger partial charge in [-0.15, -0.1) is 10.2 Å². The zero-order valence-corrected chi connectivity index (χ0v) is 9.37. The first-order valence-electron chi connectivity index (χ1n) is 4.04. The molecule has 0 saturated carbocycles. The van der Waals surface area contributed by atoms with E-state index in [-0.39, 0.29) is 0 Å². The lowest BCUT2D eigenvalue weighted by atomic mass is 10.3. The molecule has 2 heterocycles. The van der Waals surface area contributed by atoms with Crippen molar-refractivity contribution >= 4 is 21.9 Å².